The van der Waals surface area contributed by atoms with Crippen LogP contribution in [-0.4, -0.2) is 19.7 Å². The average Bonchev–Trinajstić information content (AvgIpc) is 2.83. The van der Waals surface area contributed by atoms with Gasteiger partial charge in [0.25, 0.3) is 6.02 Å². The van der Waals surface area contributed by atoms with E-state index in [9.17, 15) is 0 Å². The third-order valence-corrected chi connectivity index (χ3v) is 3.15. The van der Waals surface area contributed by atoms with Crippen molar-refractivity contribution in [2.24, 2.45) is 10.7 Å². The molecule has 1 atom stereocenters. The first-order valence-electron chi connectivity index (χ1n) is 5.82. The molecule has 0 bridgehead atoms. The maximum atomic E-state index is 5.59. The summed E-state index contributed by atoms with van der Waals surface area (Å²) in [5.74, 6) is 0.809. The lowest BCUT2D eigenvalue weighted by Crippen LogP contribution is -2.13. The zero-order valence-electron chi connectivity index (χ0n) is 10.1. The number of aliphatic imine (C=N–C) groups is 1. The summed E-state index contributed by atoms with van der Waals surface area (Å²) in [5.41, 5.74) is 6.60. The number of hydrogen-bond acceptors (Lipinski definition) is 4. The van der Waals surface area contributed by atoms with Gasteiger partial charge < -0.3 is 15.2 Å². The monoisotopic (exact) mass is 242 g/mol. The van der Waals surface area contributed by atoms with Crippen molar-refractivity contribution in [3.05, 3.63) is 42.0 Å². The standard InChI is InChI=1S/C14H14N2O2/c1-17-11-7-6-9-4-2-3-5-10(9)13(11)12-8-16-14(15)18-12/h2-7,12H,8H2,1H3,(H2,15,16). The van der Waals surface area contributed by atoms with Crippen LogP contribution >= 0.6 is 0 Å². The largest absolute Gasteiger partial charge is 0.496 e. The zero-order chi connectivity index (χ0) is 12.5. The van der Waals surface area contributed by atoms with Crippen LogP contribution in [0.4, 0.5) is 0 Å². The van der Waals surface area contributed by atoms with Crippen molar-refractivity contribution in [3.63, 3.8) is 0 Å². The van der Waals surface area contributed by atoms with Crippen molar-refractivity contribution in [2.45, 2.75) is 6.10 Å². The van der Waals surface area contributed by atoms with E-state index < -0.39 is 0 Å². The number of methoxy groups -OCH3 is 1. The Morgan fingerprint density at radius 1 is 1.28 bits per heavy atom. The maximum Gasteiger partial charge on any atom is 0.282 e. The van der Waals surface area contributed by atoms with Crippen molar-refractivity contribution in [2.75, 3.05) is 13.7 Å². The van der Waals surface area contributed by atoms with Gasteiger partial charge in [0.1, 0.15) is 5.75 Å². The Balaban J connectivity index is 2.18. The number of benzene rings is 2. The average molecular weight is 242 g/mol. The minimum Gasteiger partial charge on any atom is -0.496 e. The van der Waals surface area contributed by atoms with Crippen LogP contribution in [0.3, 0.4) is 0 Å². The summed E-state index contributed by atoms with van der Waals surface area (Å²) in [5, 5.41) is 2.27. The normalized spacial score (nSPS) is 18.5. The first kappa shape index (κ1) is 10.9. The molecule has 1 aliphatic rings. The van der Waals surface area contributed by atoms with Crippen molar-refractivity contribution < 1.29 is 9.47 Å². The number of nitrogens with two attached hydrogens (primary N) is 1. The minimum absolute atomic E-state index is 0.161. The number of ether oxygens (including phenoxy) is 2. The molecule has 2 aromatic carbocycles. The molecule has 0 saturated carbocycles. The van der Waals surface area contributed by atoms with Crippen LogP contribution < -0.4 is 10.5 Å². The molecule has 0 saturated heterocycles. The van der Waals surface area contributed by atoms with E-state index in [1.54, 1.807) is 7.11 Å². The lowest BCUT2D eigenvalue weighted by Gasteiger charge is -2.17. The summed E-state index contributed by atoms with van der Waals surface area (Å²) in [7, 11) is 1.66. The summed E-state index contributed by atoms with van der Waals surface area (Å²) in [6.07, 6.45) is -0.161. The van der Waals surface area contributed by atoms with Gasteiger partial charge >= 0.3 is 0 Å². The van der Waals surface area contributed by atoms with E-state index in [0.29, 0.717) is 6.54 Å². The SMILES string of the molecule is COc1ccc2ccccc2c1C1CN=C(N)O1. The van der Waals surface area contributed by atoms with Crippen LogP contribution in [0.2, 0.25) is 0 Å². The molecular weight excluding hydrogens is 228 g/mol. The molecule has 1 aliphatic heterocycles. The Kier molecular flexibility index (Phi) is 2.55. The highest BCUT2D eigenvalue weighted by molar-refractivity contribution is 5.88. The lowest BCUT2D eigenvalue weighted by molar-refractivity contribution is 0.222. The molecule has 2 aromatic rings. The number of hydrogen-bond donors (Lipinski definition) is 1. The topological polar surface area (TPSA) is 56.8 Å². The molecule has 0 aliphatic carbocycles. The van der Waals surface area contributed by atoms with Gasteiger partial charge in [-0.05, 0) is 16.8 Å². The van der Waals surface area contributed by atoms with Crippen molar-refractivity contribution in [3.8, 4) is 5.75 Å². The van der Waals surface area contributed by atoms with Gasteiger partial charge in [-0.2, -0.15) is 0 Å². The maximum absolute atomic E-state index is 5.59. The van der Waals surface area contributed by atoms with Crippen LogP contribution in [0, 0.1) is 0 Å². The first-order valence-corrected chi connectivity index (χ1v) is 5.82. The summed E-state index contributed by atoms with van der Waals surface area (Å²) in [6.45, 7) is 0.538. The molecule has 1 unspecified atom stereocenters. The van der Waals surface area contributed by atoms with Crippen LogP contribution in [0.25, 0.3) is 10.8 Å². The van der Waals surface area contributed by atoms with E-state index in [0.717, 1.165) is 22.1 Å². The van der Waals surface area contributed by atoms with E-state index in [4.69, 9.17) is 15.2 Å². The molecule has 0 radical (unpaired) electrons. The second-order valence-electron chi connectivity index (χ2n) is 4.19. The summed E-state index contributed by atoms with van der Waals surface area (Å²) < 4.78 is 11.0. The highest BCUT2D eigenvalue weighted by Gasteiger charge is 2.25. The summed E-state index contributed by atoms with van der Waals surface area (Å²) in [6, 6.07) is 12.4. The second kappa shape index (κ2) is 4.22. The number of amidine groups is 1. The molecule has 1 heterocycles. The van der Waals surface area contributed by atoms with E-state index in [2.05, 4.69) is 17.1 Å². The third kappa shape index (κ3) is 1.66. The Labute approximate surface area is 105 Å². The number of rotatable bonds is 2. The van der Waals surface area contributed by atoms with Crippen LogP contribution in [0.5, 0.6) is 5.75 Å². The van der Waals surface area contributed by atoms with Gasteiger partial charge in [0.2, 0.25) is 0 Å². The molecule has 0 aromatic heterocycles. The molecular formula is C14H14N2O2. The van der Waals surface area contributed by atoms with Gasteiger partial charge in [-0.25, -0.2) is 4.99 Å². The quantitative estimate of drug-likeness (QED) is 0.878. The highest BCUT2D eigenvalue weighted by Crippen LogP contribution is 2.36. The molecule has 92 valence electrons. The fraction of sp³-hybridized carbons (Fsp3) is 0.214. The summed E-state index contributed by atoms with van der Waals surface area (Å²) in [4.78, 5) is 4.09. The van der Waals surface area contributed by atoms with Gasteiger partial charge in [0.05, 0.1) is 13.7 Å². The highest BCUT2D eigenvalue weighted by atomic mass is 16.5. The molecule has 2 N–H and O–H groups in total. The lowest BCUT2D eigenvalue weighted by atomic mass is 9.99. The zero-order valence-corrected chi connectivity index (χ0v) is 10.1. The Morgan fingerprint density at radius 2 is 2.11 bits per heavy atom. The fourth-order valence-corrected chi connectivity index (χ4v) is 2.33. The second-order valence-corrected chi connectivity index (χ2v) is 4.19. The third-order valence-electron chi connectivity index (χ3n) is 3.15. The molecule has 4 nitrogen and oxygen atoms in total. The van der Waals surface area contributed by atoms with Crippen molar-refractivity contribution >= 4 is 16.8 Å². The smallest absolute Gasteiger partial charge is 0.282 e. The van der Waals surface area contributed by atoms with Crippen molar-refractivity contribution in [1.29, 1.82) is 0 Å². The first-order chi connectivity index (χ1) is 8.79. The van der Waals surface area contributed by atoms with Gasteiger partial charge in [-0.3, -0.25) is 0 Å². The van der Waals surface area contributed by atoms with Crippen LogP contribution in [0.15, 0.2) is 41.4 Å². The van der Waals surface area contributed by atoms with E-state index in [1.165, 1.54) is 0 Å². The summed E-state index contributed by atoms with van der Waals surface area (Å²) >= 11 is 0. The number of fused-ring (bicyclic) bond motifs is 1. The molecule has 4 heteroatoms. The van der Waals surface area contributed by atoms with Crippen LogP contribution in [0.1, 0.15) is 11.7 Å². The van der Waals surface area contributed by atoms with E-state index in [1.807, 2.05) is 24.3 Å². The minimum atomic E-state index is -0.161. The molecule has 18 heavy (non-hydrogen) atoms. The molecule has 0 fully saturated rings. The Hall–Kier alpha value is -2.23. The number of nitrogens with zero attached hydrogens (tertiary/aromatic N) is 1. The van der Waals surface area contributed by atoms with Gasteiger partial charge in [-0.15, -0.1) is 0 Å². The Morgan fingerprint density at radius 3 is 2.83 bits per heavy atom. The Bertz CT molecular complexity index is 622. The van der Waals surface area contributed by atoms with E-state index in [-0.39, 0.29) is 12.1 Å². The van der Waals surface area contributed by atoms with Gasteiger partial charge in [0, 0.05) is 5.56 Å². The predicted molar refractivity (Wildman–Crippen MR) is 70.8 cm³/mol. The van der Waals surface area contributed by atoms with Crippen molar-refractivity contribution in [1.82, 2.24) is 0 Å². The van der Waals surface area contributed by atoms with Gasteiger partial charge in [-0.1, -0.05) is 30.3 Å². The predicted octanol–water partition coefficient (Wildman–Crippen LogP) is 2.23. The van der Waals surface area contributed by atoms with Crippen LogP contribution in [-0.2, 0) is 4.74 Å². The molecule has 0 amide bonds. The van der Waals surface area contributed by atoms with E-state index >= 15 is 0 Å². The fourth-order valence-electron chi connectivity index (χ4n) is 2.33. The van der Waals surface area contributed by atoms with Gasteiger partial charge in [0.15, 0.2) is 6.10 Å². The molecule has 0 spiro atoms. The molecule has 3 rings (SSSR count).